The summed E-state index contributed by atoms with van der Waals surface area (Å²) < 4.78 is 21.3. The van der Waals surface area contributed by atoms with Crippen LogP contribution >= 0.6 is 0 Å². The van der Waals surface area contributed by atoms with Gasteiger partial charge in [0.05, 0.1) is 19.8 Å². The van der Waals surface area contributed by atoms with E-state index in [1.807, 2.05) is 23.7 Å². The molecule has 2 aromatic carbocycles. The number of benzene rings is 2. The Morgan fingerprint density at radius 1 is 1.08 bits per heavy atom. The average Bonchev–Trinajstić information content (AvgIpc) is 3.31. The number of carbonyl (C=O) groups is 1. The second-order valence-corrected chi connectivity index (χ2v) is 8.58. The van der Waals surface area contributed by atoms with Gasteiger partial charge in [0.15, 0.2) is 11.6 Å². The van der Waals surface area contributed by atoms with Crippen molar-refractivity contribution in [2.45, 2.75) is 13.1 Å². The van der Waals surface area contributed by atoms with Crippen LogP contribution in [-0.4, -0.2) is 56.9 Å². The summed E-state index contributed by atoms with van der Waals surface area (Å²) in [4.78, 5) is 23.2. The molecule has 37 heavy (non-hydrogen) atoms. The van der Waals surface area contributed by atoms with Crippen LogP contribution in [0.4, 0.5) is 15.8 Å². The number of aromatic nitrogens is 5. The molecule has 10 nitrogen and oxygen atoms in total. The first kappa shape index (κ1) is 24.3. The van der Waals surface area contributed by atoms with Crippen LogP contribution in [0.2, 0.25) is 0 Å². The number of nitrogens with one attached hydrogen (secondary N) is 2. The zero-order valence-corrected chi connectivity index (χ0v) is 20.4. The summed E-state index contributed by atoms with van der Waals surface area (Å²) >= 11 is 0. The highest BCUT2D eigenvalue weighted by molar-refractivity contribution is 5.95. The predicted molar refractivity (Wildman–Crippen MR) is 136 cm³/mol. The van der Waals surface area contributed by atoms with Crippen LogP contribution in [0.1, 0.15) is 21.7 Å². The average molecular weight is 503 g/mol. The van der Waals surface area contributed by atoms with Gasteiger partial charge in [-0.25, -0.2) is 14.4 Å². The topological polar surface area (TPSA) is 110 Å². The number of anilines is 2. The van der Waals surface area contributed by atoms with E-state index in [-0.39, 0.29) is 18.3 Å². The van der Waals surface area contributed by atoms with Crippen LogP contribution in [-0.2, 0) is 24.9 Å². The Balaban J connectivity index is 1.23. The van der Waals surface area contributed by atoms with Gasteiger partial charge in [-0.05, 0) is 48.0 Å². The Morgan fingerprint density at radius 2 is 1.95 bits per heavy atom. The standard InChI is InChI=1S/C26H27FN8O2/c1-34-24(32-33-25(34)22-7-8-28-17-31-22)16-29-21-4-2-3-18(14-21)26(36)30-15-19-13-20(27)5-6-23(19)35-9-11-37-12-10-35/h2-8,13-14,17,29H,9-12,15-16H2,1H3,(H,30,36). The van der Waals surface area contributed by atoms with Crippen LogP contribution in [0.5, 0.6) is 0 Å². The van der Waals surface area contributed by atoms with E-state index in [0.29, 0.717) is 42.7 Å². The van der Waals surface area contributed by atoms with Crippen molar-refractivity contribution < 1.29 is 13.9 Å². The maximum atomic E-state index is 14.0. The Morgan fingerprint density at radius 3 is 2.76 bits per heavy atom. The third-order valence-electron chi connectivity index (χ3n) is 6.18. The minimum Gasteiger partial charge on any atom is -0.378 e. The third kappa shape index (κ3) is 5.72. The van der Waals surface area contributed by atoms with Crippen LogP contribution in [0.15, 0.2) is 61.1 Å². The molecule has 11 heteroatoms. The van der Waals surface area contributed by atoms with E-state index >= 15 is 0 Å². The van der Waals surface area contributed by atoms with Gasteiger partial charge in [-0.2, -0.15) is 0 Å². The first-order valence-electron chi connectivity index (χ1n) is 12.0. The van der Waals surface area contributed by atoms with Crippen molar-refractivity contribution in [2.24, 2.45) is 7.05 Å². The number of carbonyl (C=O) groups excluding carboxylic acids is 1. The number of nitrogens with zero attached hydrogens (tertiary/aromatic N) is 6. The maximum absolute atomic E-state index is 14.0. The lowest BCUT2D eigenvalue weighted by Crippen LogP contribution is -2.37. The molecular weight excluding hydrogens is 475 g/mol. The molecule has 190 valence electrons. The molecule has 0 saturated carbocycles. The highest BCUT2D eigenvalue weighted by Gasteiger charge is 2.17. The molecule has 2 N–H and O–H groups in total. The van der Waals surface area contributed by atoms with Gasteiger partial charge in [0.2, 0.25) is 0 Å². The van der Waals surface area contributed by atoms with Crippen LogP contribution in [0.25, 0.3) is 11.5 Å². The minimum absolute atomic E-state index is 0.214. The molecule has 1 aliphatic rings. The quantitative estimate of drug-likeness (QED) is 0.379. The Labute approximate surface area is 213 Å². The molecule has 1 saturated heterocycles. The lowest BCUT2D eigenvalue weighted by molar-refractivity contribution is 0.0950. The van der Waals surface area contributed by atoms with Crippen LogP contribution in [0, 0.1) is 5.82 Å². The van der Waals surface area contributed by atoms with Gasteiger partial charge in [-0.15, -0.1) is 10.2 Å². The molecule has 0 atom stereocenters. The third-order valence-corrected chi connectivity index (χ3v) is 6.18. The van der Waals surface area contributed by atoms with E-state index in [1.54, 1.807) is 30.5 Å². The summed E-state index contributed by atoms with van der Waals surface area (Å²) in [6.45, 7) is 3.33. The normalized spacial score (nSPS) is 13.4. The molecule has 1 aliphatic heterocycles. The van der Waals surface area contributed by atoms with E-state index in [1.165, 1.54) is 18.5 Å². The zero-order valence-electron chi connectivity index (χ0n) is 20.4. The van der Waals surface area contributed by atoms with Gasteiger partial charge >= 0.3 is 0 Å². The summed E-state index contributed by atoms with van der Waals surface area (Å²) in [5.74, 6) is 0.774. The zero-order chi connectivity index (χ0) is 25.6. The molecule has 1 amide bonds. The van der Waals surface area contributed by atoms with E-state index in [2.05, 4.69) is 35.7 Å². The van der Waals surface area contributed by atoms with Crippen LogP contribution < -0.4 is 15.5 Å². The van der Waals surface area contributed by atoms with Gasteiger partial charge in [-0.1, -0.05) is 6.07 Å². The molecule has 3 heterocycles. The Bertz CT molecular complexity index is 1370. The lowest BCUT2D eigenvalue weighted by atomic mass is 10.1. The fourth-order valence-corrected chi connectivity index (χ4v) is 4.20. The smallest absolute Gasteiger partial charge is 0.251 e. The first-order valence-corrected chi connectivity index (χ1v) is 12.0. The minimum atomic E-state index is -0.334. The SMILES string of the molecule is Cn1c(CNc2cccc(C(=O)NCc3cc(F)ccc3N3CCOCC3)c2)nnc1-c1ccncn1. The summed E-state index contributed by atoms with van der Waals surface area (Å²) in [7, 11) is 1.87. The summed E-state index contributed by atoms with van der Waals surface area (Å²) in [6, 6.07) is 13.6. The van der Waals surface area contributed by atoms with Crippen molar-refractivity contribution in [1.29, 1.82) is 0 Å². The van der Waals surface area contributed by atoms with Gasteiger partial charge in [0, 0.05) is 49.8 Å². The van der Waals surface area contributed by atoms with Crippen molar-refractivity contribution in [3.8, 4) is 11.5 Å². The molecule has 0 spiro atoms. The summed E-state index contributed by atoms with van der Waals surface area (Å²) in [5.41, 5.74) is 3.58. The monoisotopic (exact) mass is 502 g/mol. The highest BCUT2D eigenvalue weighted by atomic mass is 19.1. The molecular formula is C26H27FN8O2. The summed E-state index contributed by atoms with van der Waals surface area (Å²) in [5, 5.41) is 14.7. The van der Waals surface area contributed by atoms with Gasteiger partial charge in [0.1, 0.15) is 17.8 Å². The maximum Gasteiger partial charge on any atom is 0.251 e. The molecule has 2 aromatic heterocycles. The fraction of sp³-hybridized carbons (Fsp3) is 0.269. The number of morpholine rings is 1. The van der Waals surface area contributed by atoms with Crippen molar-refractivity contribution in [1.82, 2.24) is 30.0 Å². The molecule has 0 unspecified atom stereocenters. The van der Waals surface area contributed by atoms with Crippen LogP contribution in [0.3, 0.4) is 0 Å². The highest BCUT2D eigenvalue weighted by Crippen LogP contribution is 2.23. The molecule has 5 rings (SSSR count). The molecule has 4 aromatic rings. The fourth-order valence-electron chi connectivity index (χ4n) is 4.20. The lowest BCUT2D eigenvalue weighted by Gasteiger charge is -2.30. The van der Waals surface area contributed by atoms with Crippen molar-refractivity contribution in [3.63, 3.8) is 0 Å². The molecule has 0 bridgehead atoms. The van der Waals surface area contributed by atoms with Gasteiger partial charge < -0.3 is 24.8 Å². The number of amides is 1. The predicted octanol–water partition coefficient (Wildman–Crippen LogP) is 2.79. The van der Waals surface area contributed by atoms with E-state index < -0.39 is 0 Å². The molecule has 0 aliphatic carbocycles. The van der Waals surface area contributed by atoms with Crippen molar-refractivity contribution in [3.05, 3.63) is 83.8 Å². The van der Waals surface area contributed by atoms with E-state index in [9.17, 15) is 9.18 Å². The Kier molecular flexibility index (Phi) is 7.31. The number of halogens is 1. The number of hydrogen-bond acceptors (Lipinski definition) is 8. The second-order valence-electron chi connectivity index (χ2n) is 8.58. The van der Waals surface area contributed by atoms with Gasteiger partial charge in [0.25, 0.3) is 5.91 Å². The van der Waals surface area contributed by atoms with Gasteiger partial charge in [-0.3, -0.25) is 4.79 Å². The largest absolute Gasteiger partial charge is 0.378 e. The van der Waals surface area contributed by atoms with Crippen molar-refractivity contribution >= 4 is 17.3 Å². The Hall–Kier alpha value is -4.38. The number of ether oxygens (including phenoxy) is 1. The van der Waals surface area contributed by atoms with E-state index in [4.69, 9.17) is 4.74 Å². The molecule has 1 fully saturated rings. The number of hydrogen-bond donors (Lipinski definition) is 2. The van der Waals surface area contributed by atoms with E-state index in [0.717, 1.165) is 30.0 Å². The first-order chi connectivity index (χ1) is 18.1. The summed E-state index contributed by atoms with van der Waals surface area (Å²) in [6.07, 6.45) is 3.12. The number of rotatable bonds is 8. The molecule has 0 radical (unpaired) electrons. The van der Waals surface area contributed by atoms with Crippen molar-refractivity contribution in [2.75, 3.05) is 36.5 Å². The second kappa shape index (κ2) is 11.1.